The molecular weight excluding hydrogens is 216 g/mol. The zero-order chi connectivity index (χ0) is 11.7. The van der Waals surface area contributed by atoms with E-state index in [1.165, 1.54) is 12.1 Å². The average Bonchev–Trinajstić information content (AvgIpc) is 2.72. The second kappa shape index (κ2) is 3.90. The van der Waals surface area contributed by atoms with Gasteiger partial charge in [-0.05, 0) is 6.07 Å². The van der Waals surface area contributed by atoms with Gasteiger partial charge in [0.05, 0.1) is 7.11 Å². The molecule has 0 amide bonds. The zero-order valence-electron chi connectivity index (χ0n) is 8.47. The third-order valence-electron chi connectivity index (χ3n) is 2.24. The quantitative estimate of drug-likeness (QED) is 0.707. The molecule has 16 heavy (non-hydrogen) atoms. The van der Waals surface area contributed by atoms with Gasteiger partial charge in [-0.25, -0.2) is 4.79 Å². The number of ether oxygens (including phenoxy) is 3. The standard InChI is InChI=1S/C10H10O6/c1-14-10(13)9(12)5-2-7-8(3-6(5)11)16-4-15-7/h2-3,9,11-12H,4H2,1H3. The molecule has 0 bridgehead atoms. The van der Waals surface area contributed by atoms with Gasteiger partial charge in [0.1, 0.15) is 5.75 Å². The Morgan fingerprint density at radius 3 is 2.69 bits per heavy atom. The molecule has 6 heteroatoms. The van der Waals surface area contributed by atoms with E-state index in [1.807, 2.05) is 0 Å². The summed E-state index contributed by atoms with van der Waals surface area (Å²) in [5, 5.41) is 19.2. The molecule has 1 unspecified atom stereocenters. The lowest BCUT2D eigenvalue weighted by Gasteiger charge is -2.11. The van der Waals surface area contributed by atoms with Gasteiger partial charge in [-0.15, -0.1) is 0 Å². The summed E-state index contributed by atoms with van der Waals surface area (Å²) in [7, 11) is 1.15. The summed E-state index contributed by atoms with van der Waals surface area (Å²) in [6.07, 6.45) is -1.54. The van der Waals surface area contributed by atoms with E-state index in [4.69, 9.17) is 9.47 Å². The van der Waals surface area contributed by atoms with Crippen LogP contribution in [0.25, 0.3) is 0 Å². The number of hydrogen-bond acceptors (Lipinski definition) is 6. The van der Waals surface area contributed by atoms with Crippen molar-refractivity contribution in [3.8, 4) is 17.2 Å². The van der Waals surface area contributed by atoms with Gasteiger partial charge >= 0.3 is 5.97 Å². The van der Waals surface area contributed by atoms with E-state index >= 15 is 0 Å². The Labute approximate surface area is 91.0 Å². The van der Waals surface area contributed by atoms with E-state index in [0.717, 1.165) is 7.11 Å². The molecule has 1 aromatic carbocycles. The molecule has 0 aliphatic carbocycles. The van der Waals surface area contributed by atoms with Crippen LogP contribution >= 0.6 is 0 Å². The molecule has 0 radical (unpaired) electrons. The molecule has 86 valence electrons. The fourth-order valence-electron chi connectivity index (χ4n) is 1.40. The number of methoxy groups -OCH3 is 1. The second-order valence-electron chi connectivity index (χ2n) is 3.19. The first-order chi connectivity index (χ1) is 7.63. The lowest BCUT2D eigenvalue weighted by atomic mass is 10.1. The Morgan fingerprint density at radius 2 is 2.06 bits per heavy atom. The number of phenols is 1. The molecule has 1 aromatic rings. The van der Waals surface area contributed by atoms with Crippen LogP contribution in [0.5, 0.6) is 17.2 Å². The maximum absolute atomic E-state index is 11.1. The number of aliphatic hydroxyl groups is 1. The zero-order valence-corrected chi connectivity index (χ0v) is 8.47. The van der Waals surface area contributed by atoms with Crippen molar-refractivity contribution in [2.45, 2.75) is 6.10 Å². The molecule has 1 atom stereocenters. The lowest BCUT2D eigenvalue weighted by molar-refractivity contribution is -0.150. The van der Waals surface area contributed by atoms with E-state index in [0.29, 0.717) is 11.5 Å². The van der Waals surface area contributed by atoms with Crippen LogP contribution in [0.3, 0.4) is 0 Å². The van der Waals surface area contributed by atoms with E-state index < -0.39 is 12.1 Å². The number of fused-ring (bicyclic) bond motifs is 1. The molecule has 0 saturated carbocycles. The second-order valence-corrected chi connectivity index (χ2v) is 3.19. The van der Waals surface area contributed by atoms with E-state index in [-0.39, 0.29) is 18.1 Å². The van der Waals surface area contributed by atoms with Crippen molar-refractivity contribution in [1.82, 2.24) is 0 Å². The highest BCUT2D eigenvalue weighted by Crippen LogP contribution is 2.39. The fourth-order valence-corrected chi connectivity index (χ4v) is 1.40. The predicted molar refractivity (Wildman–Crippen MR) is 51.2 cm³/mol. The van der Waals surface area contributed by atoms with E-state index in [9.17, 15) is 15.0 Å². The topological polar surface area (TPSA) is 85.2 Å². The summed E-state index contributed by atoms with van der Waals surface area (Å²) >= 11 is 0. The molecule has 1 aliphatic heterocycles. The smallest absolute Gasteiger partial charge is 0.339 e. The summed E-state index contributed by atoms with van der Waals surface area (Å²) in [6, 6.07) is 2.63. The molecule has 2 N–H and O–H groups in total. The number of esters is 1. The minimum Gasteiger partial charge on any atom is -0.507 e. The molecule has 1 aliphatic rings. The van der Waals surface area contributed by atoms with Crippen LogP contribution in [0.15, 0.2) is 12.1 Å². The summed E-state index contributed by atoms with van der Waals surface area (Å²) in [5.41, 5.74) is 0.0242. The van der Waals surface area contributed by atoms with Gasteiger partial charge in [-0.2, -0.15) is 0 Å². The normalized spacial score (nSPS) is 14.6. The first-order valence-corrected chi connectivity index (χ1v) is 4.52. The summed E-state index contributed by atoms with van der Waals surface area (Å²) in [4.78, 5) is 11.1. The maximum Gasteiger partial charge on any atom is 0.339 e. The van der Waals surface area contributed by atoms with Crippen LogP contribution in [0.4, 0.5) is 0 Å². The van der Waals surface area contributed by atoms with E-state index in [1.54, 1.807) is 0 Å². The molecule has 2 rings (SSSR count). The van der Waals surface area contributed by atoms with Gasteiger partial charge in [-0.3, -0.25) is 0 Å². The summed E-state index contributed by atoms with van der Waals surface area (Å²) in [6.45, 7) is 0.0482. The van der Waals surface area contributed by atoms with Crippen LogP contribution in [-0.2, 0) is 9.53 Å². The highest BCUT2D eigenvalue weighted by atomic mass is 16.7. The minimum atomic E-state index is -1.54. The first-order valence-electron chi connectivity index (χ1n) is 4.52. The van der Waals surface area contributed by atoms with Crippen molar-refractivity contribution in [2.75, 3.05) is 13.9 Å². The SMILES string of the molecule is COC(=O)C(O)c1cc2c(cc1O)OCO2. The third kappa shape index (κ3) is 1.63. The molecule has 0 aromatic heterocycles. The Kier molecular flexibility index (Phi) is 2.57. The molecule has 0 fully saturated rings. The number of rotatable bonds is 2. The van der Waals surface area contributed by atoms with Gasteiger partial charge in [0.2, 0.25) is 6.79 Å². The number of hydrogen-bond donors (Lipinski definition) is 2. The molecule has 6 nitrogen and oxygen atoms in total. The lowest BCUT2D eigenvalue weighted by Crippen LogP contribution is -2.13. The Hall–Kier alpha value is -1.95. The summed E-state index contributed by atoms with van der Waals surface area (Å²) in [5.74, 6) is -0.356. The van der Waals surface area contributed by atoms with Gasteiger partial charge in [-0.1, -0.05) is 0 Å². The number of aliphatic hydroxyl groups excluding tert-OH is 1. The monoisotopic (exact) mass is 226 g/mol. The van der Waals surface area contributed by atoms with Crippen LogP contribution < -0.4 is 9.47 Å². The van der Waals surface area contributed by atoms with Gasteiger partial charge in [0.25, 0.3) is 0 Å². The number of carbonyl (C=O) groups excluding carboxylic acids is 1. The van der Waals surface area contributed by atoms with Crippen molar-refractivity contribution in [1.29, 1.82) is 0 Å². The molecule has 1 heterocycles. The predicted octanol–water partition coefficient (Wildman–Crippen LogP) is 0.327. The maximum atomic E-state index is 11.1. The van der Waals surface area contributed by atoms with Crippen molar-refractivity contribution in [2.24, 2.45) is 0 Å². The van der Waals surface area contributed by atoms with Crippen molar-refractivity contribution in [3.05, 3.63) is 17.7 Å². The number of carbonyl (C=O) groups is 1. The van der Waals surface area contributed by atoms with Crippen molar-refractivity contribution < 1.29 is 29.2 Å². The van der Waals surface area contributed by atoms with Gasteiger partial charge < -0.3 is 24.4 Å². The average molecular weight is 226 g/mol. The van der Waals surface area contributed by atoms with Crippen molar-refractivity contribution in [3.63, 3.8) is 0 Å². The first kappa shape index (κ1) is 10.6. The van der Waals surface area contributed by atoms with E-state index in [2.05, 4.69) is 4.74 Å². The fraction of sp³-hybridized carbons (Fsp3) is 0.300. The molecule has 0 saturated heterocycles. The Bertz CT molecular complexity index is 428. The van der Waals surface area contributed by atoms with Crippen LogP contribution in [0.2, 0.25) is 0 Å². The van der Waals surface area contributed by atoms with Crippen molar-refractivity contribution >= 4 is 5.97 Å². The Balaban J connectivity index is 2.38. The number of benzene rings is 1. The van der Waals surface area contributed by atoms with Crippen LogP contribution in [-0.4, -0.2) is 30.1 Å². The number of aromatic hydroxyl groups is 1. The summed E-state index contributed by atoms with van der Waals surface area (Å²) < 4.78 is 14.5. The van der Waals surface area contributed by atoms with Crippen LogP contribution in [0.1, 0.15) is 11.7 Å². The van der Waals surface area contributed by atoms with Gasteiger partial charge in [0, 0.05) is 11.6 Å². The van der Waals surface area contributed by atoms with Crippen LogP contribution in [0, 0.1) is 0 Å². The molecular formula is C10H10O6. The highest BCUT2D eigenvalue weighted by molar-refractivity contribution is 5.77. The number of phenolic OH excluding ortho intramolecular Hbond substituents is 1. The minimum absolute atomic E-state index is 0.0242. The molecule has 0 spiro atoms. The van der Waals surface area contributed by atoms with Gasteiger partial charge in [0.15, 0.2) is 17.6 Å². The Morgan fingerprint density at radius 1 is 1.44 bits per heavy atom. The highest BCUT2D eigenvalue weighted by Gasteiger charge is 2.25. The third-order valence-corrected chi connectivity index (χ3v) is 2.24. The largest absolute Gasteiger partial charge is 0.507 e.